The first-order valence-corrected chi connectivity index (χ1v) is 9.89. The highest BCUT2D eigenvalue weighted by atomic mass is 32.2. The van der Waals surface area contributed by atoms with Crippen molar-refractivity contribution in [2.75, 3.05) is 16.4 Å². The molecule has 1 amide bonds. The van der Waals surface area contributed by atoms with Gasteiger partial charge < -0.3 is 10.6 Å². The number of fused-ring (bicyclic) bond motifs is 1. The van der Waals surface area contributed by atoms with Gasteiger partial charge in [0, 0.05) is 35.0 Å². The molecule has 2 N–H and O–H groups in total. The first-order valence-electron chi connectivity index (χ1n) is 8.95. The second-order valence-corrected chi connectivity index (χ2v) is 7.64. The highest BCUT2D eigenvalue weighted by Gasteiger charge is 2.27. The predicted octanol–water partition coefficient (Wildman–Crippen LogP) is 3.96. The van der Waals surface area contributed by atoms with Crippen LogP contribution < -0.4 is 10.6 Å². The van der Waals surface area contributed by atoms with Crippen LogP contribution in [0.25, 0.3) is 16.8 Å². The van der Waals surface area contributed by atoms with Gasteiger partial charge in [-0.2, -0.15) is 5.10 Å². The van der Waals surface area contributed by atoms with Crippen molar-refractivity contribution < 1.29 is 4.79 Å². The fraction of sp³-hybridized carbons (Fsp3) is 0.200. The smallest absolute Gasteiger partial charge is 0.258 e. The van der Waals surface area contributed by atoms with Crippen molar-refractivity contribution in [2.45, 2.75) is 20.8 Å². The van der Waals surface area contributed by atoms with Crippen LogP contribution >= 0.6 is 11.9 Å². The van der Waals surface area contributed by atoms with Crippen LogP contribution in [0.4, 0.5) is 11.4 Å². The number of rotatable bonds is 5. The quantitative estimate of drug-likeness (QED) is 0.640. The van der Waals surface area contributed by atoms with Crippen LogP contribution in [-0.2, 0) is 4.79 Å². The molecule has 0 radical (unpaired) electrons. The Bertz CT molecular complexity index is 1090. The third kappa shape index (κ3) is 3.38. The minimum absolute atomic E-state index is 0.141. The number of carbonyl (C=O) groups excluding carboxylic acids is 1. The van der Waals surface area contributed by atoms with Crippen LogP contribution in [-0.4, -0.2) is 30.8 Å². The number of allylic oxidation sites excluding steroid dienone is 1. The molecule has 0 saturated heterocycles. The first kappa shape index (κ1) is 18.2. The minimum Gasteiger partial charge on any atom is -0.356 e. The van der Waals surface area contributed by atoms with E-state index < -0.39 is 0 Å². The Kier molecular flexibility index (Phi) is 4.87. The summed E-state index contributed by atoms with van der Waals surface area (Å²) in [4.78, 5) is 21.3. The molecule has 4 heterocycles. The lowest BCUT2D eigenvalue weighted by molar-refractivity contribution is -0.110. The van der Waals surface area contributed by atoms with Crippen LogP contribution in [0.1, 0.15) is 25.0 Å². The molecule has 4 rings (SSSR count). The van der Waals surface area contributed by atoms with E-state index in [4.69, 9.17) is 0 Å². The zero-order valence-electron chi connectivity index (χ0n) is 15.9. The molecule has 0 atom stereocenters. The number of nitrogens with zero attached hydrogens (tertiary/aromatic N) is 4. The van der Waals surface area contributed by atoms with Crippen LogP contribution in [0, 0.1) is 6.92 Å². The van der Waals surface area contributed by atoms with Crippen molar-refractivity contribution in [3.8, 4) is 11.3 Å². The lowest BCUT2D eigenvalue weighted by atomic mass is 10.0. The molecule has 3 aromatic heterocycles. The Morgan fingerprint density at radius 1 is 1.29 bits per heavy atom. The van der Waals surface area contributed by atoms with Gasteiger partial charge in [0.25, 0.3) is 5.91 Å². The van der Waals surface area contributed by atoms with Crippen LogP contribution in [0.3, 0.4) is 0 Å². The van der Waals surface area contributed by atoms with Crippen LogP contribution in [0.5, 0.6) is 0 Å². The van der Waals surface area contributed by atoms with Gasteiger partial charge in [0.2, 0.25) is 0 Å². The van der Waals surface area contributed by atoms with Crippen molar-refractivity contribution in [1.29, 1.82) is 0 Å². The summed E-state index contributed by atoms with van der Waals surface area (Å²) in [5, 5.41) is 10.5. The molecule has 1 aliphatic heterocycles. The number of amides is 1. The van der Waals surface area contributed by atoms with E-state index in [1.807, 2.05) is 32.2 Å². The van der Waals surface area contributed by atoms with Gasteiger partial charge >= 0.3 is 0 Å². The van der Waals surface area contributed by atoms with Crippen molar-refractivity contribution in [1.82, 2.24) is 19.2 Å². The molecule has 0 bridgehead atoms. The lowest BCUT2D eigenvalue weighted by Crippen LogP contribution is -2.08. The molecule has 3 aromatic rings. The van der Waals surface area contributed by atoms with E-state index in [0.717, 1.165) is 39.5 Å². The molecule has 142 valence electrons. The van der Waals surface area contributed by atoms with E-state index >= 15 is 0 Å². The fourth-order valence-electron chi connectivity index (χ4n) is 3.17. The molecule has 0 aliphatic carbocycles. The summed E-state index contributed by atoms with van der Waals surface area (Å²) in [6.07, 6.45) is 8.90. The third-order valence-electron chi connectivity index (χ3n) is 4.49. The highest BCUT2D eigenvalue weighted by Crippen LogP contribution is 2.36. The van der Waals surface area contributed by atoms with Crippen LogP contribution in [0.2, 0.25) is 0 Å². The summed E-state index contributed by atoms with van der Waals surface area (Å²) in [6.45, 7) is 5.98. The Labute approximate surface area is 167 Å². The largest absolute Gasteiger partial charge is 0.356 e. The number of hydrogen-bond acceptors (Lipinski definition) is 6. The predicted molar refractivity (Wildman–Crippen MR) is 113 cm³/mol. The summed E-state index contributed by atoms with van der Waals surface area (Å²) >= 11 is 1.60. The van der Waals surface area contributed by atoms with E-state index in [9.17, 15) is 4.79 Å². The molecule has 0 fully saturated rings. The number of carbonyl (C=O) groups is 1. The van der Waals surface area contributed by atoms with Gasteiger partial charge in [-0.1, -0.05) is 6.92 Å². The first-order chi connectivity index (χ1) is 13.6. The minimum atomic E-state index is -0.141. The second kappa shape index (κ2) is 7.47. The van der Waals surface area contributed by atoms with Crippen molar-refractivity contribution in [3.05, 3.63) is 59.9 Å². The van der Waals surface area contributed by atoms with E-state index in [1.54, 1.807) is 40.8 Å². The topological polar surface area (TPSA) is 84.7 Å². The maximum absolute atomic E-state index is 12.6. The zero-order valence-corrected chi connectivity index (χ0v) is 16.7. The lowest BCUT2D eigenvalue weighted by Gasteiger charge is -2.09. The maximum atomic E-state index is 12.6. The molecular formula is C20H20N6OS. The number of hydrogen-bond donors (Lipinski definition) is 2. The summed E-state index contributed by atoms with van der Waals surface area (Å²) in [7, 11) is 0. The monoisotopic (exact) mass is 392 g/mol. The fourth-order valence-corrected chi connectivity index (χ4v) is 3.74. The normalized spacial score (nSPS) is 14.6. The van der Waals surface area contributed by atoms with Gasteiger partial charge in [0.15, 0.2) is 0 Å². The number of aromatic nitrogens is 4. The van der Waals surface area contributed by atoms with Gasteiger partial charge in [-0.05, 0) is 43.5 Å². The number of aryl methyl sites for hydroxylation is 1. The van der Waals surface area contributed by atoms with Gasteiger partial charge in [0.05, 0.1) is 41.2 Å². The van der Waals surface area contributed by atoms with Gasteiger partial charge in [-0.25, -0.2) is 4.09 Å². The molecule has 7 nitrogen and oxygen atoms in total. The Hall–Kier alpha value is -3.13. The van der Waals surface area contributed by atoms with Gasteiger partial charge in [0.1, 0.15) is 0 Å². The maximum Gasteiger partial charge on any atom is 0.258 e. The molecule has 0 saturated carbocycles. The summed E-state index contributed by atoms with van der Waals surface area (Å²) in [5.41, 5.74) is 6.58. The number of anilines is 2. The van der Waals surface area contributed by atoms with Gasteiger partial charge in [-0.15, -0.1) is 0 Å². The molecular weight excluding hydrogens is 372 g/mol. The number of pyridine rings is 2. The Balaban J connectivity index is 1.71. The highest BCUT2D eigenvalue weighted by molar-refractivity contribution is 7.97. The summed E-state index contributed by atoms with van der Waals surface area (Å²) in [5.74, 6) is 0.790. The van der Waals surface area contributed by atoms with E-state index in [-0.39, 0.29) is 5.91 Å². The van der Waals surface area contributed by atoms with Crippen LogP contribution in [0.15, 0.2) is 48.8 Å². The average Bonchev–Trinajstić information content (AvgIpc) is 3.24. The zero-order chi connectivity index (χ0) is 19.7. The van der Waals surface area contributed by atoms with Crippen molar-refractivity contribution in [2.24, 2.45) is 0 Å². The standard InChI is InChI=1S/C20H20N6OS/c1-4-28-26-11-14(8-23-26)24-13(3)19-15-7-17(16-9-21-6-5-12(16)2)22-10-18(15)25-20(19)27/h5-11,24H,4H2,1-3H3,(H,25,27)/b19-13-. The van der Waals surface area contributed by atoms with Crippen molar-refractivity contribution >= 4 is 34.8 Å². The summed E-state index contributed by atoms with van der Waals surface area (Å²) < 4.78 is 1.80. The average molecular weight is 392 g/mol. The van der Waals surface area contributed by atoms with Gasteiger partial charge in [-0.3, -0.25) is 14.8 Å². The van der Waals surface area contributed by atoms with E-state index in [0.29, 0.717) is 11.3 Å². The molecule has 8 heteroatoms. The summed E-state index contributed by atoms with van der Waals surface area (Å²) in [6, 6.07) is 3.89. The second-order valence-electron chi connectivity index (χ2n) is 6.43. The molecule has 0 aromatic carbocycles. The van der Waals surface area contributed by atoms with Crippen molar-refractivity contribution in [3.63, 3.8) is 0 Å². The van der Waals surface area contributed by atoms with E-state index in [1.165, 1.54) is 0 Å². The molecule has 0 spiro atoms. The molecule has 1 aliphatic rings. The molecule has 0 unspecified atom stereocenters. The third-order valence-corrected chi connectivity index (χ3v) is 5.21. The number of nitrogens with one attached hydrogen (secondary N) is 2. The SMILES string of the molecule is CCSn1cc(N/C(C)=C2\C(=O)Nc3cnc(-c4cnccc4C)cc32)cn1. The Morgan fingerprint density at radius 3 is 2.93 bits per heavy atom. The Morgan fingerprint density at radius 2 is 2.14 bits per heavy atom. The molecule has 28 heavy (non-hydrogen) atoms. The van der Waals surface area contributed by atoms with E-state index in [2.05, 4.69) is 32.6 Å².